The fraction of sp³-hybridized carbons (Fsp3) is 0.500. The number of hydrogen-bond donors (Lipinski definition) is 1. The lowest BCUT2D eigenvalue weighted by Gasteiger charge is -2.20. The van der Waals surface area contributed by atoms with Gasteiger partial charge in [-0.05, 0) is 59.3 Å². The van der Waals surface area contributed by atoms with E-state index in [2.05, 4.69) is 67.3 Å². The van der Waals surface area contributed by atoms with Gasteiger partial charge in [-0.3, -0.25) is 4.98 Å². The Morgan fingerprint density at radius 1 is 1.19 bits per heavy atom. The van der Waals surface area contributed by atoms with Crippen molar-refractivity contribution in [3.05, 3.63) is 36.0 Å². The number of hydrogen-bond acceptors (Lipinski definition) is 3. The molecule has 0 aliphatic rings. The van der Waals surface area contributed by atoms with Gasteiger partial charge in [0.1, 0.15) is 0 Å². The molecule has 1 N–H and O–H groups in total. The third-order valence-corrected chi connectivity index (χ3v) is 3.98. The molecule has 0 spiro atoms. The first-order valence-corrected chi connectivity index (χ1v) is 7.88. The molecule has 1 aromatic carbocycles. The molecule has 1 aromatic heterocycles. The van der Waals surface area contributed by atoms with Gasteiger partial charge in [0.25, 0.3) is 0 Å². The van der Waals surface area contributed by atoms with E-state index >= 15 is 0 Å². The number of benzene rings is 1. The quantitative estimate of drug-likeness (QED) is 0.777. The van der Waals surface area contributed by atoms with E-state index in [0.29, 0.717) is 6.04 Å². The van der Waals surface area contributed by atoms with Crippen LogP contribution >= 0.6 is 0 Å². The molecule has 2 rings (SSSR count). The zero-order chi connectivity index (χ0) is 15.2. The number of anilines is 1. The largest absolute Gasteiger partial charge is 0.384 e. The molecule has 3 nitrogen and oxygen atoms in total. The highest BCUT2D eigenvalue weighted by Gasteiger charge is 2.04. The van der Waals surface area contributed by atoms with E-state index in [1.54, 1.807) is 0 Å². The Morgan fingerprint density at radius 3 is 2.71 bits per heavy atom. The van der Waals surface area contributed by atoms with Gasteiger partial charge < -0.3 is 10.2 Å². The first-order valence-electron chi connectivity index (χ1n) is 7.88. The second kappa shape index (κ2) is 7.41. The summed E-state index contributed by atoms with van der Waals surface area (Å²) in [6.45, 7) is 8.71. The van der Waals surface area contributed by atoms with Crippen molar-refractivity contribution in [3.8, 4) is 0 Å². The Balaban J connectivity index is 1.89. The molecule has 114 valence electrons. The minimum Gasteiger partial charge on any atom is -0.384 e. The number of fused-ring (bicyclic) bond motifs is 1. The summed E-state index contributed by atoms with van der Waals surface area (Å²) < 4.78 is 0. The molecule has 0 radical (unpaired) electrons. The van der Waals surface area contributed by atoms with Crippen LogP contribution in [0.1, 0.15) is 32.4 Å². The van der Waals surface area contributed by atoms with Crippen molar-refractivity contribution in [1.82, 2.24) is 9.88 Å². The summed E-state index contributed by atoms with van der Waals surface area (Å²) in [4.78, 5) is 6.97. The molecule has 0 bridgehead atoms. The lowest BCUT2D eigenvalue weighted by atomic mass is 10.1. The summed E-state index contributed by atoms with van der Waals surface area (Å²) in [5.74, 6) is 0. The molecule has 0 amide bonds. The summed E-state index contributed by atoms with van der Waals surface area (Å²) in [6, 6.07) is 11.1. The number of aryl methyl sites for hydroxylation is 1. The van der Waals surface area contributed by atoms with Gasteiger partial charge in [0.15, 0.2) is 0 Å². The normalized spacial score (nSPS) is 11.5. The minimum atomic E-state index is 0.629. The van der Waals surface area contributed by atoms with Crippen LogP contribution in [-0.4, -0.2) is 36.1 Å². The Labute approximate surface area is 128 Å². The molecule has 0 unspecified atom stereocenters. The molecule has 1 heterocycles. The number of rotatable bonds is 7. The number of unbranched alkanes of at least 4 members (excludes halogenated alkanes) is 1. The maximum atomic E-state index is 4.58. The Kier molecular flexibility index (Phi) is 5.57. The Bertz CT molecular complexity index is 578. The van der Waals surface area contributed by atoms with Crippen molar-refractivity contribution in [1.29, 1.82) is 0 Å². The maximum Gasteiger partial charge on any atom is 0.0725 e. The van der Waals surface area contributed by atoms with E-state index in [-0.39, 0.29) is 0 Å². The predicted molar refractivity (Wildman–Crippen MR) is 92.0 cm³/mol. The van der Waals surface area contributed by atoms with Crippen molar-refractivity contribution < 1.29 is 0 Å². The SMILES string of the molecule is Cc1cc(NCCCCN(C)C(C)C)c2ccccc2n1. The molecule has 0 fully saturated rings. The summed E-state index contributed by atoms with van der Waals surface area (Å²) in [5, 5.41) is 4.78. The molecule has 0 saturated carbocycles. The van der Waals surface area contributed by atoms with Crippen molar-refractivity contribution in [2.24, 2.45) is 0 Å². The lowest BCUT2D eigenvalue weighted by Crippen LogP contribution is -2.27. The molecule has 2 aromatic rings. The molecule has 21 heavy (non-hydrogen) atoms. The number of nitrogens with one attached hydrogen (secondary N) is 1. The molecule has 0 atom stereocenters. The van der Waals surface area contributed by atoms with E-state index in [1.807, 2.05) is 6.07 Å². The van der Waals surface area contributed by atoms with Gasteiger partial charge in [-0.15, -0.1) is 0 Å². The maximum absolute atomic E-state index is 4.58. The van der Waals surface area contributed by atoms with Crippen LogP contribution in [0.25, 0.3) is 10.9 Å². The average Bonchev–Trinajstić information content (AvgIpc) is 2.46. The van der Waals surface area contributed by atoms with Crippen LogP contribution < -0.4 is 5.32 Å². The summed E-state index contributed by atoms with van der Waals surface area (Å²) >= 11 is 0. The summed E-state index contributed by atoms with van der Waals surface area (Å²) in [7, 11) is 2.19. The van der Waals surface area contributed by atoms with E-state index in [4.69, 9.17) is 0 Å². The van der Waals surface area contributed by atoms with Crippen LogP contribution in [0.4, 0.5) is 5.69 Å². The van der Waals surface area contributed by atoms with Crippen molar-refractivity contribution in [2.45, 2.75) is 39.7 Å². The van der Waals surface area contributed by atoms with Crippen LogP contribution in [-0.2, 0) is 0 Å². The van der Waals surface area contributed by atoms with E-state index in [1.165, 1.54) is 23.9 Å². The van der Waals surface area contributed by atoms with Gasteiger partial charge in [0, 0.05) is 29.4 Å². The molecule has 0 aliphatic heterocycles. The molecular formula is C18H27N3. The summed E-state index contributed by atoms with van der Waals surface area (Å²) in [5.41, 5.74) is 3.34. The highest BCUT2D eigenvalue weighted by atomic mass is 15.1. The van der Waals surface area contributed by atoms with Crippen LogP contribution in [0.3, 0.4) is 0 Å². The second-order valence-electron chi connectivity index (χ2n) is 6.04. The van der Waals surface area contributed by atoms with Crippen LogP contribution in [0.2, 0.25) is 0 Å². The third-order valence-electron chi connectivity index (χ3n) is 3.98. The predicted octanol–water partition coefficient (Wildman–Crippen LogP) is 4.08. The number of pyridine rings is 1. The topological polar surface area (TPSA) is 28.2 Å². The van der Waals surface area contributed by atoms with Gasteiger partial charge >= 0.3 is 0 Å². The van der Waals surface area contributed by atoms with Crippen LogP contribution in [0.15, 0.2) is 30.3 Å². The lowest BCUT2D eigenvalue weighted by molar-refractivity contribution is 0.269. The van der Waals surface area contributed by atoms with Gasteiger partial charge in [-0.25, -0.2) is 0 Å². The standard InChI is InChI=1S/C18H27N3/c1-14(2)21(4)12-8-7-11-19-18-13-15(3)20-17-10-6-5-9-16(17)18/h5-6,9-10,13-14H,7-8,11-12H2,1-4H3,(H,19,20). The zero-order valence-corrected chi connectivity index (χ0v) is 13.7. The van der Waals surface area contributed by atoms with E-state index < -0.39 is 0 Å². The fourth-order valence-corrected chi connectivity index (χ4v) is 2.42. The van der Waals surface area contributed by atoms with E-state index in [9.17, 15) is 0 Å². The number of para-hydroxylation sites is 1. The number of nitrogens with zero attached hydrogens (tertiary/aromatic N) is 2. The summed E-state index contributed by atoms with van der Waals surface area (Å²) in [6.07, 6.45) is 2.41. The van der Waals surface area contributed by atoms with Gasteiger partial charge in [0.2, 0.25) is 0 Å². The molecule has 3 heteroatoms. The second-order valence-corrected chi connectivity index (χ2v) is 6.04. The monoisotopic (exact) mass is 285 g/mol. The molecular weight excluding hydrogens is 258 g/mol. The highest BCUT2D eigenvalue weighted by molar-refractivity contribution is 5.91. The third kappa shape index (κ3) is 4.43. The van der Waals surface area contributed by atoms with Crippen LogP contribution in [0, 0.1) is 6.92 Å². The van der Waals surface area contributed by atoms with Gasteiger partial charge in [-0.2, -0.15) is 0 Å². The number of aromatic nitrogens is 1. The smallest absolute Gasteiger partial charge is 0.0725 e. The zero-order valence-electron chi connectivity index (χ0n) is 13.7. The molecule has 0 aliphatic carbocycles. The van der Waals surface area contributed by atoms with Crippen LogP contribution in [0.5, 0.6) is 0 Å². The van der Waals surface area contributed by atoms with E-state index in [0.717, 1.165) is 24.3 Å². The minimum absolute atomic E-state index is 0.629. The Morgan fingerprint density at radius 2 is 1.95 bits per heavy atom. The first-order chi connectivity index (χ1) is 10.1. The van der Waals surface area contributed by atoms with Gasteiger partial charge in [-0.1, -0.05) is 18.2 Å². The first kappa shape index (κ1) is 15.8. The van der Waals surface area contributed by atoms with Crippen molar-refractivity contribution in [3.63, 3.8) is 0 Å². The highest BCUT2D eigenvalue weighted by Crippen LogP contribution is 2.22. The van der Waals surface area contributed by atoms with Crippen molar-refractivity contribution >= 4 is 16.6 Å². The van der Waals surface area contributed by atoms with Crippen molar-refractivity contribution in [2.75, 3.05) is 25.5 Å². The molecule has 0 saturated heterocycles. The average molecular weight is 285 g/mol. The Hall–Kier alpha value is -1.61. The fourth-order valence-electron chi connectivity index (χ4n) is 2.42. The van der Waals surface area contributed by atoms with Gasteiger partial charge in [0.05, 0.1) is 5.52 Å².